The lowest BCUT2D eigenvalue weighted by atomic mass is 9.79. The van der Waals surface area contributed by atoms with Gasteiger partial charge in [0.05, 0.1) is 43.7 Å². The van der Waals surface area contributed by atoms with Crippen molar-refractivity contribution in [1.29, 1.82) is 0 Å². The summed E-state index contributed by atoms with van der Waals surface area (Å²) >= 11 is 0. The summed E-state index contributed by atoms with van der Waals surface area (Å²) in [6.07, 6.45) is -6.09. The first-order valence-corrected chi connectivity index (χ1v) is 8.61. The largest absolute Gasteiger partial charge is 0.471 e. The molecule has 4 aliphatic heterocycles. The maximum absolute atomic E-state index is 11.9. The molecule has 0 radical (unpaired) electrons. The first-order valence-electron chi connectivity index (χ1n) is 8.61. The van der Waals surface area contributed by atoms with Gasteiger partial charge in [-0.1, -0.05) is 0 Å². The Morgan fingerprint density at radius 3 is 2.62 bits per heavy atom. The molecule has 9 atom stereocenters. The molecule has 0 amide bonds. The van der Waals surface area contributed by atoms with E-state index in [1.807, 2.05) is 0 Å². The number of carbonyl (C=O) groups is 1. The van der Waals surface area contributed by atoms with E-state index in [9.17, 15) is 25.2 Å². The summed E-state index contributed by atoms with van der Waals surface area (Å²) in [6, 6.07) is 0. The lowest BCUT2D eigenvalue weighted by Gasteiger charge is -2.43. The maximum Gasteiger partial charge on any atom is 0.337 e. The van der Waals surface area contributed by atoms with Gasteiger partial charge in [0.2, 0.25) is 6.29 Å². The quantitative estimate of drug-likeness (QED) is 0.311. The van der Waals surface area contributed by atoms with Gasteiger partial charge in [-0.25, -0.2) is 4.79 Å². The molecule has 4 rings (SSSR count). The molecule has 146 valence electrons. The Hall–Kier alpha value is -1.27. The van der Waals surface area contributed by atoms with Crippen LogP contribution in [0.5, 0.6) is 0 Å². The summed E-state index contributed by atoms with van der Waals surface area (Å²) in [5.41, 5.74) is 0.422. The van der Waals surface area contributed by atoms with Crippen LogP contribution in [0.2, 0.25) is 0 Å². The number of hydrogen-bond donors (Lipinski definition) is 4. The number of ether oxygens (including phenoxy) is 5. The van der Waals surface area contributed by atoms with Gasteiger partial charge in [0.1, 0.15) is 24.4 Å². The minimum Gasteiger partial charge on any atom is -0.471 e. The van der Waals surface area contributed by atoms with Crippen LogP contribution in [0, 0.1) is 11.8 Å². The van der Waals surface area contributed by atoms with E-state index in [2.05, 4.69) is 0 Å². The number of cyclic esters (lactones) is 1. The van der Waals surface area contributed by atoms with Crippen LogP contribution in [0.15, 0.2) is 11.8 Å². The number of carbonyl (C=O) groups excluding carboxylic acids is 1. The van der Waals surface area contributed by atoms with E-state index in [-0.39, 0.29) is 24.5 Å². The zero-order valence-corrected chi connectivity index (χ0v) is 13.8. The molecular formula is C16H22O10. The predicted octanol–water partition coefficient (Wildman–Crippen LogP) is -2.38. The molecule has 10 nitrogen and oxygen atoms in total. The van der Waals surface area contributed by atoms with Gasteiger partial charge in [-0.2, -0.15) is 0 Å². The van der Waals surface area contributed by atoms with Gasteiger partial charge in [0, 0.05) is 5.92 Å². The molecule has 26 heavy (non-hydrogen) atoms. The molecule has 0 aromatic heterocycles. The molecule has 0 spiro atoms. The Labute approximate surface area is 148 Å². The maximum atomic E-state index is 11.9. The van der Waals surface area contributed by atoms with Gasteiger partial charge in [-0.3, -0.25) is 0 Å². The summed E-state index contributed by atoms with van der Waals surface area (Å²) < 4.78 is 27.1. The van der Waals surface area contributed by atoms with Crippen LogP contribution in [-0.2, 0) is 28.5 Å². The van der Waals surface area contributed by atoms with E-state index in [0.29, 0.717) is 18.6 Å². The second-order valence-corrected chi connectivity index (χ2v) is 6.89. The molecule has 3 fully saturated rings. The standard InChI is InChI=1S/C16H22O10/c17-3-8-11(18)12(19)13(20)16(25-8)26-15-10(9-5-23-9)6-1-2-22-14(21)7(6)4-24-15/h4,6,8-13,15-20H,1-3,5H2. The molecule has 0 aromatic rings. The Bertz CT molecular complexity index is 573. The van der Waals surface area contributed by atoms with E-state index in [1.54, 1.807) is 0 Å². The fraction of sp³-hybridized carbons (Fsp3) is 0.812. The van der Waals surface area contributed by atoms with Crippen LogP contribution in [-0.4, -0.2) is 89.3 Å². The van der Waals surface area contributed by atoms with Gasteiger partial charge < -0.3 is 44.1 Å². The zero-order valence-electron chi connectivity index (χ0n) is 13.8. The monoisotopic (exact) mass is 374 g/mol. The van der Waals surface area contributed by atoms with Crippen molar-refractivity contribution in [2.24, 2.45) is 11.8 Å². The molecule has 0 aromatic carbocycles. The van der Waals surface area contributed by atoms with Gasteiger partial charge in [0.25, 0.3) is 0 Å². The number of rotatable bonds is 4. The minimum atomic E-state index is -1.54. The first-order chi connectivity index (χ1) is 12.5. The third kappa shape index (κ3) is 3.11. The number of aliphatic hydroxyl groups is 4. The van der Waals surface area contributed by atoms with Crippen molar-refractivity contribution in [2.45, 2.75) is 49.5 Å². The lowest BCUT2D eigenvalue weighted by Crippen LogP contribution is -2.60. The minimum absolute atomic E-state index is 0.163. The molecule has 4 heterocycles. The third-order valence-electron chi connectivity index (χ3n) is 5.31. The summed E-state index contributed by atoms with van der Waals surface area (Å²) in [5, 5.41) is 39.2. The van der Waals surface area contributed by atoms with Crippen molar-refractivity contribution >= 4 is 5.97 Å². The third-order valence-corrected chi connectivity index (χ3v) is 5.31. The lowest BCUT2D eigenvalue weighted by molar-refractivity contribution is -0.342. The average molecular weight is 374 g/mol. The molecule has 4 aliphatic rings. The Balaban J connectivity index is 1.52. The number of fused-ring (bicyclic) bond motifs is 1. The molecule has 10 heteroatoms. The Morgan fingerprint density at radius 1 is 1.15 bits per heavy atom. The topological polar surface area (TPSA) is 147 Å². The second-order valence-electron chi connectivity index (χ2n) is 6.89. The van der Waals surface area contributed by atoms with Crippen LogP contribution in [0.1, 0.15) is 6.42 Å². The van der Waals surface area contributed by atoms with Gasteiger partial charge in [0.15, 0.2) is 6.29 Å². The van der Waals surface area contributed by atoms with Crippen molar-refractivity contribution in [3.8, 4) is 0 Å². The fourth-order valence-corrected chi connectivity index (χ4v) is 3.77. The molecular weight excluding hydrogens is 352 g/mol. The normalized spacial score (nSPS) is 48.1. The number of esters is 1. The first kappa shape index (κ1) is 18.1. The second kappa shape index (κ2) is 7.04. The summed E-state index contributed by atoms with van der Waals surface area (Å²) in [6.45, 7) is 0.238. The van der Waals surface area contributed by atoms with Gasteiger partial charge in [-0.15, -0.1) is 0 Å². The van der Waals surface area contributed by atoms with Crippen molar-refractivity contribution in [3.05, 3.63) is 11.8 Å². The van der Waals surface area contributed by atoms with Gasteiger partial charge >= 0.3 is 5.97 Å². The van der Waals surface area contributed by atoms with Crippen molar-refractivity contribution in [2.75, 3.05) is 19.8 Å². The zero-order chi connectivity index (χ0) is 18.4. The highest BCUT2D eigenvalue weighted by Gasteiger charge is 2.53. The average Bonchev–Trinajstić information content (AvgIpc) is 3.47. The number of epoxide rings is 1. The van der Waals surface area contributed by atoms with E-state index < -0.39 is 49.6 Å². The van der Waals surface area contributed by atoms with Crippen LogP contribution in [0.25, 0.3) is 0 Å². The molecule has 0 aliphatic carbocycles. The molecule has 9 unspecified atom stereocenters. The summed E-state index contributed by atoms with van der Waals surface area (Å²) in [7, 11) is 0. The Morgan fingerprint density at radius 2 is 1.92 bits per heavy atom. The number of aliphatic hydroxyl groups excluding tert-OH is 4. The van der Waals surface area contributed by atoms with E-state index in [1.165, 1.54) is 6.26 Å². The molecule has 4 N–H and O–H groups in total. The molecule has 3 saturated heterocycles. The molecule has 0 bridgehead atoms. The van der Waals surface area contributed by atoms with Gasteiger partial charge in [-0.05, 0) is 6.42 Å². The van der Waals surface area contributed by atoms with Crippen LogP contribution >= 0.6 is 0 Å². The van der Waals surface area contributed by atoms with Crippen LogP contribution in [0.4, 0.5) is 0 Å². The highest BCUT2D eigenvalue weighted by Crippen LogP contribution is 2.43. The van der Waals surface area contributed by atoms with Crippen molar-refractivity contribution < 1.29 is 48.9 Å². The predicted molar refractivity (Wildman–Crippen MR) is 80.1 cm³/mol. The molecule has 0 saturated carbocycles. The number of hydrogen-bond acceptors (Lipinski definition) is 10. The van der Waals surface area contributed by atoms with Crippen LogP contribution < -0.4 is 0 Å². The SMILES string of the molecule is O=C1OCCC2C1=COC(OC1OC(CO)C(O)C(O)C1O)C2C1CO1. The van der Waals surface area contributed by atoms with Crippen molar-refractivity contribution in [3.63, 3.8) is 0 Å². The van der Waals surface area contributed by atoms with E-state index in [0.717, 1.165) is 0 Å². The fourth-order valence-electron chi connectivity index (χ4n) is 3.77. The highest BCUT2D eigenvalue weighted by atomic mass is 16.8. The highest BCUT2D eigenvalue weighted by molar-refractivity contribution is 5.89. The Kier molecular flexibility index (Phi) is 4.90. The summed E-state index contributed by atoms with van der Waals surface area (Å²) in [5.74, 6) is -0.916. The van der Waals surface area contributed by atoms with Crippen LogP contribution in [0.3, 0.4) is 0 Å². The van der Waals surface area contributed by atoms with Crippen molar-refractivity contribution in [1.82, 2.24) is 0 Å². The summed E-state index contributed by atoms with van der Waals surface area (Å²) in [4.78, 5) is 11.9. The van der Waals surface area contributed by atoms with E-state index >= 15 is 0 Å². The smallest absolute Gasteiger partial charge is 0.337 e. The van der Waals surface area contributed by atoms with E-state index in [4.69, 9.17) is 23.7 Å².